The van der Waals surface area contributed by atoms with Crippen molar-refractivity contribution in [1.29, 1.82) is 0 Å². The van der Waals surface area contributed by atoms with Crippen molar-refractivity contribution in [1.82, 2.24) is 4.98 Å². The molecule has 1 aromatic heterocycles. The Kier molecular flexibility index (Phi) is 5.03. The molecule has 1 heterocycles. The molecule has 2 aromatic rings. The Bertz CT molecular complexity index is 651. The number of anilines is 1. The van der Waals surface area contributed by atoms with E-state index in [0.29, 0.717) is 17.3 Å². The number of hydrogen-bond donors (Lipinski definition) is 1. The summed E-state index contributed by atoms with van der Waals surface area (Å²) in [6.07, 6.45) is 0.993. The third-order valence-electron chi connectivity index (χ3n) is 2.40. The maximum atomic E-state index is 11.6. The number of nitrogens with one attached hydrogen (secondary N) is 1. The highest BCUT2D eigenvalue weighted by atomic mass is 79.9. The number of pyridine rings is 1. The Balaban J connectivity index is 1.97. The second-order valence-corrected chi connectivity index (χ2v) is 6.49. The molecule has 0 aliphatic heterocycles. The fourth-order valence-electron chi connectivity index (χ4n) is 1.59. The van der Waals surface area contributed by atoms with Crippen LogP contribution >= 0.6 is 15.9 Å². The van der Waals surface area contributed by atoms with Crippen LogP contribution in [0.25, 0.3) is 0 Å². The van der Waals surface area contributed by atoms with E-state index in [-0.39, 0.29) is 0 Å². The second kappa shape index (κ2) is 6.79. The van der Waals surface area contributed by atoms with Crippen LogP contribution in [0.1, 0.15) is 20.8 Å². The van der Waals surface area contributed by atoms with Crippen molar-refractivity contribution in [3.05, 3.63) is 47.1 Å². The third-order valence-corrected chi connectivity index (χ3v) is 2.89. The molecule has 5 nitrogen and oxygen atoms in total. The zero-order valence-corrected chi connectivity index (χ0v) is 14.2. The zero-order valence-electron chi connectivity index (χ0n) is 12.6. The summed E-state index contributed by atoms with van der Waals surface area (Å²) >= 11 is 3.38. The van der Waals surface area contributed by atoms with E-state index >= 15 is 0 Å². The fourth-order valence-corrected chi connectivity index (χ4v) is 1.97. The maximum Gasteiger partial charge on any atom is 0.412 e. The van der Waals surface area contributed by atoms with Gasteiger partial charge >= 0.3 is 6.09 Å². The lowest BCUT2D eigenvalue weighted by Gasteiger charge is -2.19. The van der Waals surface area contributed by atoms with Gasteiger partial charge in [0.1, 0.15) is 11.4 Å². The Morgan fingerprint density at radius 2 is 2.00 bits per heavy atom. The van der Waals surface area contributed by atoms with E-state index in [9.17, 15) is 4.79 Å². The van der Waals surface area contributed by atoms with Crippen LogP contribution in [-0.2, 0) is 4.74 Å². The van der Waals surface area contributed by atoms with E-state index in [1.165, 1.54) is 6.20 Å². The van der Waals surface area contributed by atoms with Crippen molar-refractivity contribution in [2.45, 2.75) is 26.4 Å². The van der Waals surface area contributed by atoms with Crippen LogP contribution in [0, 0.1) is 0 Å². The summed E-state index contributed by atoms with van der Waals surface area (Å²) in [7, 11) is 0. The first-order valence-electron chi connectivity index (χ1n) is 6.71. The number of nitrogens with zero attached hydrogens (tertiary/aromatic N) is 1. The van der Waals surface area contributed by atoms with E-state index in [0.717, 1.165) is 4.47 Å². The number of rotatable bonds is 3. The smallest absolute Gasteiger partial charge is 0.412 e. The number of amides is 1. The summed E-state index contributed by atoms with van der Waals surface area (Å²) in [5.74, 6) is 1.11. The highest BCUT2D eigenvalue weighted by Gasteiger charge is 2.16. The Hall–Kier alpha value is -2.08. The summed E-state index contributed by atoms with van der Waals surface area (Å²) in [5, 5.41) is 2.61. The molecule has 6 heteroatoms. The minimum atomic E-state index is -0.540. The van der Waals surface area contributed by atoms with Gasteiger partial charge in [0, 0.05) is 10.5 Å². The monoisotopic (exact) mass is 364 g/mol. The topological polar surface area (TPSA) is 60.5 Å². The fraction of sp³-hybridized carbons (Fsp3) is 0.250. The molecule has 0 saturated heterocycles. The molecule has 1 aromatic carbocycles. The third kappa shape index (κ3) is 5.37. The minimum Gasteiger partial charge on any atom is -0.444 e. The molecule has 0 unspecified atom stereocenters. The van der Waals surface area contributed by atoms with Crippen molar-refractivity contribution in [3.8, 4) is 11.6 Å². The van der Waals surface area contributed by atoms with Gasteiger partial charge in [0.25, 0.3) is 0 Å². The number of benzene rings is 1. The lowest BCUT2D eigenvalue weighted by atomic mass is 10.2. The average Bonchev–Trinajstić information content (AvgIpc) is 2.39. The van der Waals surface area contributed by atoms with Crippen LogP contribution in [0.3, 0.4) is 0 Å². The molecule has 0 radical (unpaired) electrons. The number of carbonyl (C=O) groups is 1. The van der Waals surface area contributed by atoms with Crippen LogP contribution < -0.4 is 10.1 Å². The zero-order chi connectivity index (χ0) is 16.2. The second-order valence-electron chi connectivity index (χ2n) is 5.57. The van der Waals surface area contributed by atoms with E-state index in [1.807, 2.05) is 24.3 Å². The number of aromatic nitrogens is 1. The molecule has 0 saturated carbocycles. The summed E-state index contributed by atoms with van der Waals surface area (Å²) in [6, 6.07) is 10.8. The molecular weight excluding hydrogens is 348 g/mol. The summed E-state index contributed by atoms with van der Waals surface area (Å²) in [5.41, 5.74) is -0.00260. The SMILES string of the molecule is CC(C)(C)OC(=O)Nc1ccc(Oc2cccc(Br)c2)nc1. The summed E-state index contributed by atoms with van der Waals surface area (Å²) in [6.45, 7) is 5.42. The van der Waals surface area contributed by atoms with Crippen LogP contribution in [0.2, 0.25) is 0 Å². The van der Waals surface area contributed by atoms with E-state index in [1.54, 1.807) is 32.9 Å². The summed E-state index contributed by atoms with van der Waals surface area (Å²) in [4.78, 5) is 15.8. The summed E-state index contributed by atoms with van der Waals surface area (Å²) < 4.78 is 11.7. The molecular formula is C16H17BrN2O3. The maximum absolute atomic E-state index is 11.6. The van der Waals surface area contributed by atoms with Crippen molar-refractivity contribution in [2.24, 2.45) is 0 Å². The number of hydrogen-bond acceptors (Lipinski definition) is 4. The quantitative estimate of drug-likeness (QED) is 0.833. The molecule has 0 spiro atoms. The molecule has 0 aliphatic rings. The van der Waals surface area contributed by atoms with E-state index in [4.69, 9.17) is 9.47 Å². The number of ether oxygens (including phenoxy) is 2. The van der Waals surface area contributed by atoms with Gasteiger partial charge in [-0.2, -0.15) is 0 Å². The lowest BCUT2D eigenvalue weighted by Crippen LogP contribution is -2.27. The van der Waals surface area contributed by atoms with Crippen LogP contribution in [0.5, 0.6) is 11.6 Å². The molecule has 0 bridgehead atoms. The van der Waals surface area contributed by atoms with Gasteiger partial charge in [0.2, 0.25) is 5.88 Å². The predicted molar refractivity (Wildman–Crippen MR) is 88.3 cm³/mol. The lowest BCUT2D eigenvalue weighted by molar-refractivity contribution is 0.0636. The molecule has 0 aliphatic carbocycles. The first-order chi connectivity index (χ1) is 10.3. The van der Waals surface area contributed by atoms with Crippen molar-refractivity contribution in [3.63, 3.8) is 0 Å². The van der Waals surface area contributed by atoms with Gasteiger partial charge < -0.3 is 9.47 Å². The molecule has 2 rings (SSSR count). The highest BCUT2D eigenvalue weighted by molar-refractivity contribution is 9.10. The van der Waals surface area contributed by atoms with Gasteiger partial charge in [-0.15, -0.1) is 0 Å². The standard InChI is InChI=1S/C16H17BrN2O3/c1-16(2,3)22-15(20)19-12-7-8-14(18-10-12)21-13-6-4-5-11(17)9-13/h4-10H,1-3H3,(H,19,20). The van der Waals surface area contributed by atoms with Gasteiger partial charge in [0.15, 0.2) is 0 Å². The highest BCUT2D eigenvalue weighted by Crippen LogP contribution is 2.23. The molecule has 0 atom stereocenters. The molecule has 0 fully saturated rings. The average molecular weight is 365 g/mol. The normalized spacial score (nSPS) is 10.9. The van der Waals surface area contributed by atoms with Crippen molar-refractivity contribution < 1.29 is 14.3 Å². The molecule has 1 N–H and O–H groups in total. The van der Waals surface area contributed by atoms with Crippen molar-refractivity contribution >= 4 is 27.7 Å². The van der Waals surface area contributed by atoms with Crippen molar-refractivity contribution in [2.75, 3.05) is 5.32 Å². The van der Waals surface area contributed by atoms with Gasteiger partial charge in [-0.1, -0.05) is 22.0 Å². The van der Waals surface area contributed by atoms with E-state index < -0.39 is 11.7 Å². The minimum absolute atomic E-state index is 0.438. The van der Waals surface area contributed by atoms with Gasteiger partial charge in [-0.3, -0.25) is 5.32 Å². The Labute approximate surface area is 137 Å². The van der Waals surface area contributed by atoms with Gasteiger partial charge in [-0.05, 0) is 45.0 Å². The number of carbonyl (C=O) groups excluding carboxylic acids is 1. The molecule has 116 valence electrons. The van der Waals surface area contributed by atoms with Crippen LogP contribution in [0.15, 0.2) is 47.1 Å². The van der Waals surface area contributed by atoms with E-state index in [2.05, 4.69) is 26.2 Å². The molecule has 22 heavy (non-hydrogen) atoms. The largest absolute Gasteiger partial charge is 0.444 e. The van der Waals surface area contributed by atoms with Gasteiger partial charge in [-0.25, -0.2) is 9.78 Å². The Morgan fingerprint density at radius 3 is 2.59 bits per heavy atom. The molecule has 1 amide bonds. The van der Waals surface area contributed by atoms with Crippen LogP contribution in [0.4, 0.5) is 10.5 Å². The van der Waals surface area contributed by atoms with Gasteiger partial charge in [0.05, 0.1) is 11.9 Å². The first-order valence-corrected chi connectivity index (χ1v) is 7.51. The first kappa shape index (κ1) is 16.3. The predicted octanol–water partition coefficient (Wildman–Crippen LogP) is 4.98. The Morgan fingerprint density at radius 1 is 1.23 bits per heavy atom. The number of halogens is 1. The van der Waals surface area contributed by atoms with Crippen LogP contribution in [-0.4, -0.2) is 16.7 Å².